The number of fused-ring (bicyclic) bond motifs is 1. The summed E-state index contributed by atoms with van der Waals surface area (Å²) in [7, 11) is 0. The molecular weight excluding hydrogens is 298 g/mol. The Morgan fingerprint density at radius 1 is 1.04 bits per heavy atom. The van der Waals surface area contributed by atoms with E-state index in [1.54, 1.807) is 0 Å². The summed E-state index contributed by atoms with van der Waals surface area (Å²) in [6.07, 6.45) is 5.90. The number of aromatic nitrogens is 3. The van der Waals surface area contributed by atoms with Crippen LogP contribution < -0.4 is 5.32 Å². The van der Waals surface area contributed by atoms with E-state index in [9.17, 15) is 0 Å². The van der Waals surface area contributed by atoms with Gasteiger partial charge in [0.05, 0.1) is 6.04 Å². The lowest BCUT2D eigenvalue weighted by atomic mass is 10.0. The Morgan fingerprint density at radius 3 is 2.79 bits per heavy atom. The fourth-order valence-electron chi connectivity index (χ4n) is 3.87. The van der Waals surface area contributed by atoms with E-state index in [0.29, 0.717) is 6.04 Å². The first-order chi connectivity index (χ1) is 11.9. The first kappa shape index (κ1) is 15.8. The molecule has 1 aromatic heterocycles. The van der Waals surface area contributed by atoms with Crippen LogP contribution in [0.1, 0.15) is 42.5 Å². The predicted molar refractivity (Wildman–Crippen MR) is 94.9 cm³/mol. The maximum atomic E-state index is 4.51. The fourth-order valence-corrected chi connectivity index (χ4v) is 3.87. The monoisotopic (exact) mass is 325 g/mol. The van der Waals surface area contributed by atoms with E-state index in [4.69, 9.17) is 0 Å². The first-order valence-corrected chi connectivity index (χ1v) is 9.32. The standard InChI is InChI=1S/C19H27N5/c1-2-6-16(7-3-1)9-12-23-13-10-18-21-22-19(24(18)15-14-23)17-8-4-5-11-20-17/h1-3,6-7,17,20H,4-5,8-15H2/t17-/m1/s1. The maximum Gasteiger partial charge on any atom is 0.150 e. The number of piperidine rings is 1. The molecule has 0 amide bonds. The van der Waals surface area contributed by atoms with Crippen molar-refractivity contribution in [2.75, 3.05) is 26.2 Å². The lowest BCUT2D eigenvalue weighted by molar-refractivity contribution is 0.279. The van der Waals surface area contributed by atoms with Crippen LogP contribution >= 0.6 is 0 Å². The first-order valence-electron chi connectivity index (χ1n) is 9.32. The highest BCUT2D eigenvalue weighted by Gasteiger charge is 2.24. The van der Waals surface area contributed by atoms with Gasteiger partial charge in [-0.1, -0.05) is 36.8 Å². The molecule has 0 radical (unpaired) electrons. The van der Waals surface area contributed by atoms with Crippen molar-refractivity contribution in [2.45, 2.75) is 44.7 Å². The highest BCUT2D eigenvalue weighted by Crippen LogP contribution is 2.23. The maximum absolute atomic E-state index is 4.51. The van der Waals surface area contributed by atoms with Crippen molar-refractivity contribution < 1.29 is 0 Å². The third-order valence-corrected chi connectivity index (χ3v) is 5.33. The van der Waals surface area contributed by atoms with Crippen LogP contribution in [0.5, 0.6) is 0 Å². The summed E-state index contributed by atoms with van der Waals surface area (Å²) >= 11 is 0. The van der Waals surface area contributed by atoms with Gasteiger partial charge in [0.1, 0.15) is 11.6 Å². The Hall–Kier alpha value is -1.72. The van der Waals surface area contributed by atoms with Crippen LogP contribution in [-0.2, 0) is 19.4 Å². The van der Waals surface area contributed by atoms with E-state index in [1.807, 2.05) is 0 Å². The molecule has 0 bridgehead atoms. The Morgan fingerprint density at radius 2 is 1.96 bits per heavy atom. The minimum Gasteiger partial charge on any atom is -0.312 e. The summed E-state index contributed by atoms with van der Waals surface area (Å²) in [6.45, 7) is 5.43. The fraction of sp³-hybridized carbons (Fsp3) is 0.579. The van der Waals surface area contributed by atoms with Gasteiger partial charge in [-0.2, -0.15) is 0 Å². The zero-order valence-electron chi connectivity index (χ0n) is 14.3. The zero-order chi connectivity index (χ0) is 16.2. The van der Waals surface area contributed by atoms with Crippen molar-refractivity contribution in [2.24, 2.45) is 0 Å². The van der Waals surface area contributed by atoms with Crippen LogP contribution in [-0.4, -0.2) is 45.8 Å². The van der Waals surface area contributed by atoms with Gasteiger partial charge in [-0.05, 0) is 31.4 Å². The second kappa shape index (κ2) is 7.45. The summed E-state index contributed by atoms with van der Waals surface area (Å²) in [5.74, 6) is 2.33. The molecule has 0 unspecified atom stereocenters. The third-order valence-electron chi connectivity index (χ3n) is 5.33. The molecule has 1 fully saturated rings. The molecule has 0 spiro atoms. The Balaban J connectivity index is 1.38. The second-order valence-corrected chi connectivity index (χ2v) is 6.96. The van der Waals surface area contributed by atoms with Gasteiger partial charge >= 0.3 is 0 Å². The van der Waals surface area contributed by atoms with E-state index >= 15 is 0 Å². The average Bonchev–Trinajstić information content (AvgIpc) is 2.95. The summed E-state index contributed by atoms with van der Waals surface area (Å²) < 4.78 is 2.38. The summed E-state index contributed by atoms with van der Waals surface area (Å²) in [5.41, 5.74) is 1.42. The van der Waals surface area contributed by atoms with Crippen molar-refractivity contribution in [1.82, 2.24) is 25.0 Å². The molecule has 2 aliphatic heterocycles. The molecule has 1 N–H and O–H groups in total. The molecule has 1 saturated heterocycles. The molecule has 5 nitrogen and oxygen atoms in total. The van der Waals surface area contributed by atoms with Crippen molar-refractivity contribution in [3.05, 3.63) is 47.5 Å². The largest absolute Gasteiger partial charge is 0.312 e. The lowest BCUT2D eigenvalue weighted by Gasteiger charge is -2.24. The van der Waals surface area contributed by atoms with Gasteiger partial charge in [-0.15, -0.1) is 10.2 Å². The zero-order valence-corrected chi connectivity index (χ0v) is 14.3. The number of benzene rings is 1. The van der Waals surface area contributed by atoms with Crippen LogP contribution in [0.4, 0.5) is 0 Å². The molecule has 3 heterocycles. The molecule has 1 aromatic carbocycles. The minimum atomic E-state index is 0.399. The van der Waals surface area contributed by atoms with Gasteiger partial charge in [0.2, 0.25) is 0 Å². The van der Waals surface area contributed by atoms with Gasteiger partial charge in [0, 0.05) is 32.6 Å². The van der Waals surface area contributed by atoms with Gasteiger partial charge in [0.25, 0.3) is 0 Å². The van der Waals surface area contributed by atoms with Crippen LogP contribution in [0.3, 0.4) is 0 Å². The number of nitrogens with one attached hydrogen (secondary N) is 1. The smallest absolute Gasteiger partial charge is 0.150 e. The Labute approximate surface area is 144 Å². The van der Waals surface area contributed by atoms with Crippen LogP contribution in [0.15, 0.2) is 30.3 Å². The quantitative estimate of drug-likeness (QED) is 0.936. The normalized spacial score (nSPS) is 22.1. The average molecular weight is 325 g/mol. The van der Waals surface area contributed by atoms with Gasteiger partial charge < -0.3 is 14.8 Å². The molecule has 5 heteroatoms. The van der Waals surface area contributed by atoms with Crippen molar-refractivity contribution in [1.29, 1.82) is 0 Å². The molecule has 4 rings (SSSR count). The Bertz CT molecular complexity index is 645. The van der Waals surface area contributed by atoms with E-state index in [-0.39, 0.29) is 0 Å². The molecule has 0 saturated carbocycles. The molecule has 0 aliphatic carbocycles. The minimum absolute atomic E-state index is 0.399. The Kier molecular flexibility index (Phi) is 4.90. The van der Waals surface area contributed by atoms with E-state index in [1.165, 1.54) is 30.7 Å². The number of hydrogen-bond acceptors (Lipinski definition) is 4. The molecule has 2 aliphatic rings. The van der Waals surface area contributed by atoms with E-state index in [0.717, 1.165) is 51.4 Å². The molecule has 2 aromatic rings. The topological polar surface area (TPSA) is 46.0 Å². The number of hydrogen-bond donors (Lipinski definition) is 1. The summed E-state index contributed by atoms with van der Waals surface area (Å²) in [5, 5.41) is 12.6. The van der Waals surface area contributed by atoms with Crippen LogP contribution in [0.25, 0.3) is 0 Å². The highest BCUT2D eigenvalue weighted by molar-refractivity contribution is 5.15. The van der Waals surface area contributed by atoms with Crippen molar-refractivity contribution in [3.8, 4) is 0 Å². The molecular formula is C19H27N5. The number of rotatable bonds is 4. The van der Waals surface area contributed by atoms with Gasteiger partial charge in [0.15, 0.2) is 0 Å². The van der Waals surface area contributed by atoms with E-state index in [2.05, 4.69) is 55.3 Å². The summed E-state index contributed by atoms with van der Waals surface area (Å²) in [6, 6.07) is 11.2. The van der Waals surface area contributed by atoms with Gasteiger partial charge in [-0.25, -0.2) is 0 Å². The highest BCUT2D eigenvalue weighted by atomic mass is 15.3. The summed E-state index contributed by atoms with van der Waals surface area (Å²) in [4.78, 5) is 2.57. The number of nitrogens with zero attached hydrogens (tertiary/aromatic N) is 4. The van der Waals surface area contributed by atoms with Crippen LogP contribution in [0, 0.1) is 0 Å². The SMILES string of the molecule is c1ccc(CCN2CCc3nnc([C@H]4CCCCN4)n3CC2)cc1. The second-order valence-electron chi connectivity index (χ2n) is 6.96. The molecule has 1 atom stereocenters. The van der Waals surface area contributed by atoms with Gasteiger partial charge in [-0.3, -0.25) is 0 Å². The molecule has 24 heavy (non-hydrogen) atoms. The van der Waals surface area contributed by atoms with Crippen molar-refractivity contribution >= 4 is 0 Å². The van der Waals surface area contributed by atoms with Crippen molar-refractivity contribution in [3.63, 3.8) is 0 Å². The van der Waals surface area contributed by atoms with E-state index < -0.39 is 0 Å². The predicted octanol–water partition coefficient (Wildman–Crippen LogP) is 2.19. The molecule has 128 valence electrons. The van der Waals surface area contributed by atoms with Crippen LogP contribution in [0.2, 0.25) is 0 Å². The lowest BCUT2D eigenvalue weighted by Crippen LogP contribution is -2.31. The third kappa shape index (κ3) is 3.52.